The van der Waals surface area contributed by atoms with Crippen molar-refractivity contribution in [2.75, 3.05) is 12.4 Å². The van der Waals surface area contributed by atoms with Gasteiger partial charge in [0.2, 0.25) is 0 Å². The topological polar surface area (TPSA) is 38.3 Å². The summed E-state index contributed by atoms with van der Waals surface area (Å²) in [5, 5.41) is 4.76. The molecule has 2 rings (SSSR count). The Bertz CT molecular complexity index is 625. The molecule has 1 heterocycles. The van der Waals surface area contributed by atoms with Crippen LogP contribution >= 0.6 is 43.2 Å². The van der Waals surface area contributed by atoms with E-state index in [-0.39, 0.29) is 5.91 Å². The summed E-state index contributed by atoms with van der Waals surface area (Å²) >= 11 is 8.15. The monoisotopic (exact) mass is 403 g/mol. The first-order valence-corrected chi connectivity index (χ1v) is 7.88. The zero-order chi connectivity index (χ0) is 14.0. The standard InChI is InChI=1S/C13H11Br2NO2S/c1-7-5-8(14)6-10(18-2)11(7)16-13(17)12-9(15)3-4-19-12/h3-6H,1-2H3,(H,16,17). The lowest BCUT2D eigenvalue weighted by Crippen LogP contribution is -2.12. The molecule has 100 valence electrons. The fourth-order valence-electron chi connectivity index (χ4n) is 1.66. The van der Waals surface area contributed by atoms with Gasteiger partial charge in [-0.3, -0.25) is 4.79 Å². The number of thiophene rings is 1. The maximum absolute atomic E-state index is 12.2. The third kappa shape index (κ3) is 3.19. The van der Waals surface area contributed by atoms with Crippen molar-refractivity contribution in [3.05, 3.63) is 43.0 Å². The fourth-order valence-corrected chi connectivity index (χ4v) is 3.66. The van der Waals surface area contributed by atoms with Crippen LogP contribution < -0.4 is 10.1 Å². The van der Waals surface area contributed by atoms with Gasteiger partial charge in [0.05, 0.1) is 12.8 Å². The number of carbonyl (C=O) groups excluding carboxylic acids is 1. The normalized spacial score (nSPS) is 10.3. The number of benzene rings is 1. The molecule has 0 saturated heterocycles. The summed E-state index contributed by atoms with van der Waals surface area (Å²) in [6.45, 7) is 1.92. The second-order valence-electron chi connectivity index (χ2n) is 3.85. The van der Waals surface area contributed by atoms with Crippen LogP contribution in [0, 0.1) is 6.92 Å². The summed E-state index contributed by atoms with van der Waals surface area (Å²) in [5.41, 5.74) is 1.63. The van der Waals surface area contributed by atoms with Crippen LogP contribution in [0.3, 0.4) is 0 Å². The number of carbonyl (C=O) groups is 1. The molecule has 0 aliphatic rings. The van der Waals surface area contributed by atoms with Gasteiger partial charge in [-0.25, -0.2) is 0 Å². The molecule has 0 spiro atoms. The number of hydrogen-bond donors (Lipinski definition) is 1. The van der Waals surface area contributed by atoms with Crippen molar-refractivity contribution in [2.24, 2.45) is 0 Å². The van der Waals surface area contributed by atoms with E-state index in [0.29, 0.717) is 16.3 Å². The summed E-state index contributed by atoms with van der Waals surface area (Å²) in [5.74, 6) is 0.485. The third-order valence-corrected chi connectivity index (χ3v) is 4.84. The van der Waals surface area contributed by atoms with Crippen LogP contribution in [-0.2, 0) is 0 Å². The summed E-state index contributed by atoms with van der Waals surface area (Å²) in [7, 11) is 1.58. The molecule has 0 fully saturated rings. The Kier molecular flexibility index (Phi) is 4.65. The van der Waals surface area contributed by atoms with Gasteiger partial charge >= 0.3 is 0 Å². The minimum Gasteiger partial charge on any atom is -0.495 e. The molecule has 1 aromatic heterocycles. The average molecular weight is 405 g/mol. The first-order valence-electron chi connectivity index (χ1n) is 5.41. The van der Waals surface area contributed by atoms with E-state index in [1.54, 1.807) is 7.11 Å². The van der Waals surface area contributed by atoms with E-state index in [0.717, 1.165) is 14.5 Å². The van der Waals surface area contributed by atoms with Gasteiger partial charge < -0.3 is 10.1 Å². The number of ether oxygens (including phenoxy) is 1. The van der Waals surface area contributed by atoms with Crippen LogP contribution in [0.5, 0.6) is 5.75 Å². The molecule has 0 bridgehead atoms. The number of methoxy groups -OCH3 is 1. The zero-order valence-corrected chi connectivity index (χ0v) is 14.3. The highest BCUT2D eigenvalue weighted by atomic mass is 79.9. The molecule has 3 nitrogen and oxygen atoms in total. The molecule has 0 unspecified atom stereocenters. The van der Waals surface area contributed by atoms with Gasteiger partial charge in [0.15, 0.2) is 0 Å². The summed E-state index contributed by atoms with van der Waals surface area (Å²) in [6, 6.07) is 5.61. The first-order chi connectivity index (χ1) is 9.02. The van der Waals surface area contributed by atoms with Gasteiger partial charge in [-0.05, 0) is 52.0 Å². The van der Waals surface area contributed by atoms with Crippen molar-refractivity contribution in [2.45, 2.75) is 6.92 Å². The molecular formula is C13H11Br2NO2S. The lowest BCUT2D eigenvalue weighted by Gasteiger charge is -2.13. The van der Waals surface area contributed by atoms with Gasteiger partial charge in [-0.15, -0.1) is 11.3 Å². The predicted octanol–water partition coefficient (Wildman–Crippen LogP) is 4.84. The highest BCUT2D eigenvalue weighted by molar-refractivity contribution is 9.10. The Balaban J connectivity index is 2.34. The Morgan fingerprint density at radius 2 is 2.11 bits per heavy atom. The average Bonchev–Trinajstić information content (AvgIpc) is 2.78. The Hall–Kier alpha value is -0.850. The van der Waals surface area contributed by atoms with E-state index < -0.39 is 0 Å². The quantitative estimate of drug-likeness (QED) is 0.794. The van der Waals surface area contributed by atoms with Crippen molar-refractivity contribution >= 4 is 54.8 Å². The third-order valence-electron chi connectivity index (χ3n) is 2.55. The molecule has 0 aliphatic heterocycles. The van der Waals surface area contributed by atoms with Crippen LogP contribution in [0.2, 0.25) is 0 Å². The largest absolute Gasteiger partial charge is 0.495 e. The first kappa shape index (κ1) is 14.6. The molecule has 19 heavy (non-hydrogen) atoms. The lowest BCUT2D eigenvalue weighted by molar-refractivity contribution is 0.102. The van der Waals surface area contributed by atoms with Crippen LogP contribution in [0.15, 0.2) is 32.5 Å². The second-order valence-corrected chi connectivity index (χ2v) is 6.54. The van der Waals surface area contributed by atoms with E-state index in [2.05, 4.69) is 37.2 Å². The maximum atomic E-state index is 12.2. The summed E-state index contributed by atoms with van der Waals surface area (Å²) in [4.78, 5) is 12.8. The van der Waals surface area contributed by atoms with E-state index in [4.69, 9.17) is 4.74 Å². The van der Waals surface area contributed by atoms with Crippen LogP contribution in [-0.4, -0.2) is 13.0 Å². The van der Waals surface area contributed by atoms with Crippen molar-refractivity contribution < 1.29 is 9.53 Å². The number of nitrogens with one attached hydrogen (secondary N) is 1. The fraction of sp³-hybridized carbons (Fsp3) is 0.154. The summed E-state index contributed by atoms with van der Waals surface area (Å²) < 4.78 is 7.01. The molecular weight excluding hydrogens is 394 g/mol. The van der Waals surface area contributed by atoms with Crippen LogP contribution in [0.25, 0.3) is 0 Å². The number of anilines is 1. The van der Waals surface area contributed by atoms with Gasteiger partial charge in [-0.1, -0.05) is 15.9 Å². The van der Waals surface area contributed by atoms with Crippen molar-refractivity contribution in [1.29, 1.82) is 0 Å². The number of rotatable bonds is 3. The molecule has 6 heteroatoms. The maximum Gasteiger partial charge on any atom is 0.267 e. The molecule has 0 saturated carbocycles. The molecule has 0 atom stereocenters. The molecule has 0 aliphatic carbocycles. The van der Waals surface area contributed by atoms with Gasteiger partial charge in [0.25, 0.3) is 5.91 Å². The number of amides is 1. The van der Waals surface area contributed by atoms with Crippen LogP contribution in [0.1, 0.15) is 15.2 Å². The molecule has 2 aromatic rings. The highest BCUT2D eigenvalue weighted by Crippen LogP contribution is 2.33. The van der Waals surface area contributed by atoms with Gasteiger partial charge in [0.1, 0.15) is 10.6 Å². The number of halogens is 2. The lowest BCUT2D eigenvalue weighted by atomic mass is 10.2. The minimum absolute atomic E-state index is 0.148. The van der Waals surface area contributed by atoms with Crippen molar-refractivity contribution in [1.82, 2.24) is 0 Å². The number of hydrogen-bond acceptors (Lipinski definition) is 3. The summed E-state index contributed by atoms with van der Waals surface area (Å²) in [6.07, 6.45) is 0. The van der Waals surface area contributed by atoms with E-state index in [1.807, 2.05) is 30.5 Å². The second kappa shape index (κ2) is 6.07. The van der Waals surface area contributed by atoms with Crippen LogP contribution in [0.4, 0.5) is 5.69 Å². The predicted molar refractivity (Wildman–Crippen MR) is 85.4 cm³/mol. The Morgan fingerprint density at radius 3 is 2.68 bits per heavy atom. The van der Waals surface area contributed by atoms with Gasteiger partial charge in [-0.2, -0.15) is 0 Å². The highest BCUT2D eigenvalue weighted by Gasteiger charge is 2.16. The molecule has 0 radical (unpaired) electrons. The molecule has 1 N–H and O–H groups in total. The van der Waals surface area contributed by atoms with Gasteiger partial charge in [0, 0.05) is 8.95 Å². The molecule has 1 amide bonds. The minimum atomic E-state index is -0.148. The van der Waals surface area contributed by atoms with Crippen molar-refractivity contribution in [3.8, 4) is 5.75 Å². The molecule has 1 aromatic carbocycles. The Morgan fingerprint density at radius 1 is 1.37 bits per heavy atom. The van der Waals surface area contributed by atoms with E-state index in [1.165, 1.54) is 11.3 Å². The van der Waals surface area contributed by atoms with E-state index >= 15 is 0 Å². The van der Waals surface area contributed by atoms with E-state index in [9.17, 15) is 4.79 Å². The smallest absolute Gasteiger partial charge is 0.267 e. The Labute approximate surface area is 132 Å². The zero-order valence-electron chi connectivity index (χ0n) is 10.3. The number of aryl methyl sites for hydroxylation is 1. The SMILES string of the molecule is COc1cc(Br)cc(C)c1NC(=O)c1sccc1Br. The van der Waals surface area contributed by atoms with Crippen molar-refractivity contribution in [3.63, 3.8) is 0 Å².